The monoisotopic (exact) mass is 289 g/mol. The predicted octanol–water partition coefficient (Wildman–Crippen LogP) is 2.94. The molecule has 2 fully saturated rings. The highest BCUT2D eigenvalue weighted by atomic mass is 35.5. The number of tetrazole rings is 1. The first-order chi connectivity index (χ1) is 9.74. The molecule has 0 atom stereocenters. The summed E-state index contributed by atoms with van der Waals surface area (Å²) in [6.45, 7) is 0. The van der Waals surface area contributed by atoms with Crippen LogP contribution in [0.4, 0.5) is 5.69 Å². The minimum absolute atomic E-state index is 0.429. The Hall–Kier alpha value is -1.62. The number of rotatable bonds is 4. The summed E-state index contributed by atoms with van der Waals surface area (Å²) in [5.74, 6) is 2.20. The van der Waals surface area contributed by atoms with Crippen LogP contribution in [0.5, 0.6) is 0 Å². The molecular weight excluding hydrogens is 274 g/mol. The van der Waals surface area contributed by atoms with Crippen molar-refractivity contribution in [3.05, 3.63) is 23.2 Å². The number of nitrogen functional groups attached to an aromatic ring is 1. The molecule has 2 saturated carbocycles. The van der Waals surface area contributed by atoms with E-state index in [0.29, 0.717) is 16.8 Å². The maximum atomic E-state index is 6.08. The lowest BCUT2D eigenvalue weighted by atomic mass is 10.1. The molecule has 1 aromatic carbocycles. The van der Waals surface area contributed by atoms with E-state index in [1.165, 1.54) is 25.7 Å². The second-order valence-electron chi connectivity index (χ2n) is 5.84. The van der Waals surface area contributed by atoms with Crippen LogP contribution in [0, 0.1) is 11.8 Å². The maximum absolute atomic E-state index is 6.08. The smallest absolute Gasteiger partial charge is 0.184 e. The summed E-state index contributed by atoms with van der Waals surface area (Å²) < 4.78 is 1.98. The van der Waals surface area contributed by atoms with Gasteiger partial charge >= 0.3 is 0 Å². The van der Waals surface area contributed by atoms with Crippen molar-refractivity contribution in [3.63, 3.8) is 0 Å². The maximum Gasteiger partial charge on any atom is 0.184 e. The Morgan fingerprint density at radius 3 is 2.55 bits per heavy atom. The molecule has 2 aliphatic carbocycles. The molecule has 2 aromatic rings. The van der Waals surface area contributed by atoms with Gasteiger partial charge < -0.3 is 5.73 Å². The Morgan fingerprint density at radius 1 is 1.20 bits per heavy atom. The SMILES string of the molecule is Nc1ccc(Cl)cc1-c1nnnn1C(C1CC1)C1CC1. The lowest BCUT2D eigenvalue weighted by Crippen LogP contribution is -2.16. The Kier molecular flexibility index (Phi) is 2.70. The van der Waals surface area contributed by atoms with E-state index >= 15 is 0 Å². The van der Waals surface area contributed by atoms with Crippen LogP contribution < -0.4 is 5.73 Å². The first-order valence-corrected chi connectivity index (χ1v) is 7.45. The molecule has 1 aromatic heterocycles. The lowest BCUT2D eigenvalue weighted by Gasteiger charge is -2.17. The Labute approximate surface area is 122 Å². The van der Waals surface area contributed by atoms with Gasteiger partial charge in [-0.3, -0.25) is 0 Å². The number of halogens is 1. The lowest BCUT2D eigenvalue weighted by molar-refractivity contribution is 0.357. The molecule has 1 heterocycles. The van der Waals surface area contributed by atoms with Crippen molar-refractivity contribution < 1.29 is 0 Å². The van der Waals surface area contributed by atoms with Crippen LogP contribution in [0.3, 0.4) is 0 Å². The average molecular weight is 290 g/mol. The second-order valence-corrected chi connectivity index (χ2v) is 6.28. The van der Waals surface area contributed by atoms with Gasteiger partial charge in [0.2, 0.25) is 0 Å². The van der Waals surface area contributed by atoms with E-state index in [0.717, 1.165) is 23.2 Å². The molecule has 104 valence electrons. The van der Waals surface area contributed by atoms with Crippen LogP contribution in [-0.4, -0.2) is 20.2 Å². The van der Waals surface area contributed by atoms with Gasteiger partial charge in [-0.1, -0.05) is 11.6 Å². The van der Waals surface area contributed by atoms with Gasteiger partial charge in [-0.25, -0.2) is 4.68 Å². The van der Waals surface area contributed by atoms with Gasteiger partial charge in [0, 0.05) is 16.3 Å². The summed E-state index contributed by atoms with van der Waals surface area (Å²) in [5.41, 5.74) is 7.56. The van der Waals surface area contributed by atoms with Gasteiger partial charge in [-0.15, -0.1) is 5.10 Å². The van der Waals surface area contributed by atoms with Crippen LogP contribution in [0.1, 0.15) is 31.7 Å². The highest BCUT2D eigenvalue weighted by Crippen LogP contribution is 2.52. The van der Waals surface area contributed by atoms with Gasteiger partial charge in [0.1, 0.15) is 0 Å². The zero-order valence-electron chi connectivity index (χ0n) is 11.0. The summed E-state index contributed by atoms with van der Waals surface area (Å²) >= 11 is 6.08. The molecule has 0 spiro atoms. The van der Waals surface area contributed by atoms with Gasteiger partial charge in [0.25, 0.3) is 0 Å². The summed E-state index contributed by atoms with van der Waals surface area (Å²) in [4.78, 5) is 0. The highest BCUT2D eigenvalue weighted by molar-refractivity contribution is 6.31. The summed E-state index contributed by atoms with van der Waals surface area (Å²) in [7, 11) is 0. The van der Waals surface area contributed by atoms with Crippen LogP contribution in [-0.2, 0) is 0 Å². The normalized spacial score (nSPS) is 18.7. The minimum Gasteiger partial charge on any atom is -0.398 e. The van der Waals surface area contributed by atoms with Crippen LogP contribution in [0.2, 0.25) is 5.02 Å². The molecule has 0 aliphatic heterocycles. The predicted molar refractivity (Wildman–Crippen MR) is 77.2 cm³/mol. The summed E-state index contributed by atoms with van der Waals surface area (Å²) in [5, 5.41) is 13.0. The van der Waals surface area contributed by atoms with Gasteiger partial charge in [-0.2, -0.15) is 0 Å². The molecule has 0 saturated heterocycles. The Balaban J connectivity index is 1.79. The summed E-state index contributed by atoms with van der Waals surface area (Å²) in [6.07, 6.45) is 5.13. The number of hydrogen-bond acceptors (Lipinski definition) is 4. The van der Waals surface area contributed by atoms with Crippen molar-refractivity contribution in [3.8, 4) is 11.4 Å². The third-order valence-corrected chi connectivity index (χ3v) is 4.48. The molecule has 0 radical (unpaired) electrons. The first-order valence-electron chi connectivity index (χ1n) is 7.07. The van der Waals surface area contributed by atoms with Crippen molar-refractivity contribution in [2.45, 2.75) is 31.7 Å². The number of benzene rings is 1. The van der Waals surface area contributed by atoms with E-state index in [9.17, 15) is 0 Å². The minimum atomic E-state index is 0.429. The van der Waals surface area contributed by atoms with Crippen molar-refractivity contribution in [1.82, 2.24) is 20.2 Å². The van der Waals surface area contributed by atoms with E-state index < -0.39 is 0 Å². The zero-order valence-corrected chi connectivity index (χ0v) is 11.8. The standard InChI is InChI=1S/C14H16ClN5/c15-10-5-6-12(16)11(7-10)14-17-18-19-20(14)13(8-1-2-8)9-3-4-9/h5-9,13H,1-4,16H2. The van der Waals surface area contributed by atoms with E-state index in [-0.39, 0.29) is 0 Å². The van der Waals surface area contributed by atoms with Crippen molar-refractivity contribution in [2.24, 2.45) is 11.8 Å². The Bertz CT molecular complexity index is 633. The fourth-order valence-electron chi connectivity index (χ4n) is 2.95. The number of hydrogen-bond donors (Lipinski definition) is 1. The van der Waals surface area contributed by atoms with E-state index in [1.54, 1.807) is 12.1 Å². The van der Waals surface area contributed by atoms with Gasteiger partial charge in [0.05, 0.1) is 6.04 Å². The molecule has 0 unspecified atom stereocenters. The number of nitrogens with two attached hydrogens (primary N) is 1. The van der Waals surface area contributed by atoms with Crippen molar-refractivity contribution >= 4 is 17.3 Å². The van der Waals surface area contributed by atoms with Gasteiger partial charge in [-0.05, 0) is 66.1 Å². The fourth-order valence-corrected chi connectivity index (χ4v) is 3.13. The molecule has 4 rings (SSSR count). The van der Waals surface area contributed by atoms with Gasteiger partial charge in [0.15, 0.2) is 5.82 Å². The van der Waals surface area contributed by atoms with Crippen molar-refractivity contribution in [1.29, 1.82) is 0 Å². The number of aromatic nitrogens is 4. The van der Waals surface area contributed by atoms with E-state index in [2.05, 4.69) is 15.5 Å². The molecule has 0 amide bonds. The Morgan fingerprint density at radius 2 is 1.90 bits per heavy atom. The number of anilines is 1. The third kappa shape index (κ3) is 2.06. The van der Waals surface area contributed by atoms with Crippen LogP contribution in [0.15, 0.2) is 18.2 Å². The second kappa shape index (κ2) is 4.45. The molecule has 2 aliphatic rings. The molecule has 0 bridgehead atoms. The highest BCUT2D eigenvalue weighted by Gasteiger charge is 2.44. The topological polar surface area (TPSA) is 69.6 Å². The van der Waals surface area contributed by atoms with Crippen molar-refractivity contribution in [2.75, 3.05) is 5.73 Å². The first kappa shape index (κ1) is 12.1. The van der Waals surface area contributed by atoms with Crippen LogP contribution in [0.25, 0.3) is 11.4 Å². The third-order valence-electron chi connectivity index (χ3n) is 4.24. The molecule has 2 N–H and O–H groups in total. The summed E-state index contributed by atoms with van der Waals surface area (Å²) in [6, 6.07) is 5.86. The van der Waals surface area contributed by atoms with E-state index in [1.807, 2.05) is 10.7 Å². The van der Waals surface area contributed by atoms with E-state index in [4.69, 9.17) is 17.3 Å². The largest absolute Gasteiger partial charge is 0.398 e. The fraction of sp³-hybridized carbons (Fsp3) is 0.500. The van der Waals surface area contributed by atoms with Crippen LogP contribution >= 0.6 is 11.6 Å². The average Bonchev–Trinajstić information content (AvgIpc) is 3.34. The molecule has 5 nitrogen and oxygen atoms in total. The zero-order chi connectivity index (χ0) is 13.7. The number of nitrogens with zero attached hydrogens (tertiary/aromatic N) is 4. The molecular formula is C14H16ClN5. The molecule has 20 heavy (non-hydrogen) atoms. The molecule has 6 heteroatoms. The quantitative estimate of drug-likeness (QED) is 0.879.